The Morgan fingerprint density at radius 1 is 1.30 bits per heavy atom. The van der Waals surface area contributed by atoms with Gasteiger partial charge in [-0.05, 0) is 6.92 Å². The predicted octanol–water partition coefficient (Wildman–Crippen LogP) is 0.310. The molecule has 9 heteroatoms. The highest BCUT2D eigenvalue weighted by atomic mass is 16.5. The van der Waals surface area contributed by atoms with Crippen molar-refractivity contribution in [2.45, 2.75) is 19.5 Å². The maximum atomic E-state index is 9.04. The molecule has 2 N–H and O–H groups in total. The van der Waals surface area contributed by atoms with E-state index in [1.165, 1.54) is 17.5 Å². The van der Waals surface area contributed by atoms with Crippen molar-refractivity contribution in [3.8, 4) is 6.07 Å². The monoisotopic (exact) mass is 368 g/mol. The summed E-state index contributed by atoms with van der Waals surface area (Å²) in [6.45, 7) is 6.89. The standard InChI is InChI=1S/C18H24N8O/c1-12-15(5-22-24(12)2)8-25-6-13-7-26(9-16(25)11-27-10-13)18-21-4-14(3-19)17(20)23-18/h4-5,13,16H,6-11H2,1-2H3,(H2,20,21,23)/t13-,16+/m1/s1. The largest absolute Gasteiger partial charge is 0.382 e. The zero-order chi connectivity index (χ0) is 19.0. The van der Waals surface area contributed by atoms with Crippen molar-refractivity contribution in [3.05, 3.63) is 29.2 Å². The summed E-state index contributed by atoms with van der Waals surface area (Å²) in [7, 11) is 1.97. The van der Waals surface area contributed by atoms with Crippen LogP contribution in [0.3, 0.4) is 0 Å². The maximum absolute atomic E-state index is 9.04. The summed E-state index contributed by atoms with van der Waals surface area (Å²) in [5.74, 6) is 1.17. The number of hydrogen-bond donors (Lipinski definition) is 1. The smallest absolute Gasteiger partial charge is 0.227 e. The Morgan fingerprint density at radius 3 is 2.85 bits per heavy atom. The van der Waals surface area contributed by atoms with Gasteiger partial charge in [-0.3, -0.25) is 9.58 Å². The number of anilines is 2. The Morgan fingerprint density at radius 2 is 2.15 bits per heavy atom. The highest BCUT2D eigenvalue weighted by Gasteiger charge is 2.34. The van der Waals surface area contributed by atoms with Gasteiger partial charge in [0.05, 0.1) is 31.6 Å². The first-order valence-corrected chi connectivity index (χ1v) is 9.12. The molecule has 0 radical (unpaired) electrons. The third kappa shape index (κ3) is 3.46. The van der Waals surface area contributed by atoms with E-state index in [9.17, 15) is 0 Å². The van der Waals surface area contributed by atoms with Crippen molar-refractivity contribution >= 4 is 11.8 Å². The highest BCUT2D eigenvalue weighted by molar-refractivity contribution is 5.50. The second-order valence-corrected chi connectivity index (χ2v) is 7.35. The zero-order valence-corrected chi connectivity index (χ0v) is 15.7. The lowest BCUT2D eigenvalue weighted by Crippen LogP contribution is -2.44. The van der Waals surface area contributed by atoms with Crippen LogP contribution < -0.4 is 10.6 Å². The van der Waals surface area contributed by atoms with Crippen LogP contribution in [0.25, 0.3) is 0 Å². The van der Waals surface area contributed by atoms with Gasteiger partial charge in [0.15, 0.2) is 0 Å². The number of nitriles is 1. The molecular formula is C18H24N8O. The van der Waals surface area contributed by atoms with E-state index in [4.69, 9.17) is 15.7 Å². The molecule has 0 amide bonds. The molecule has 0 saturated carbocycles. The summed E-state index contributed by atoms with van der Waals surface area (Å²) in [6, 6.07) is 2.25. The minimum atomic E-state index is 0.232. The number of aryl methyl sites for hydroxylation is 1. The fourth-order valence-corrected chi connectivity index (χ4v) is 3.83. The number of aromatic nitrogens is 4. The second kappa shape index (κ2) is 7.13. The van der Waals surface area contributed by atoms with Gasteiger partial charge in [-0.1, -0.05) is 0 Å². The summed E-state index contributed by atoms with van der Waals surface area (Å²) in [4.78, 5) is 13.4. The summed E-state index contributed by atoms with van der Waals surface area (Å²) in [5.41, 5.74) is 8.64. The molecule has 0 aromatic carbocycles. The number of nitrogens with two attached hydrogens (primary N) is 1. The van der Waals surface area contributed by atoms with E-state index in [2.05, 4.69) is 31.8 Å². The lowest BCUT2D eigenvalue weighted by molar-refractivity contribution is 0.0870. The van der Waals surface area contributed by atoms with Crippen LogP contribution in [0.15, 0.2) is 12.4 Å². The molecule has 4 heterocycles. The Kier molecular flexibility index (Phi) is 4.68. The maximum Gasteiger partial charge on any atom is 0.227 e. The molecule has 2 aliphatic rings. The quantitative estimate of drug-likeness (QED) is 0.824. The van der Waals surface area contributed by atoms with Gasteiger partial charge in [-0.25, -0.2) is 4.98 Å². The number of hydrogen-bond acceptors (Lipinski definition) is 8. The van der Waals surface area contributed by atoms with Crippen molar-refractivity contribution in [3.63, 3.8) is 0 Å². The summed E-state index contributed by atoms with van der Waals surface area (Å²) < 4.78 is 7.82. The van der Waals surface area contributed by atoms with E-state index in [1.807, 2.05) is 24.0 Å². The molecule has 2 aromatic heterocycles. The van der Waals surface area contributed by atoms with Gasteiger partial charge >= 0.3 is 0 Å². The normalized spacial score (nSPS) is 23.1. The Labute approximate surface area is 158 Å². The topological polar surface area (TPSA) is 109 Å². The van der Waals surface area contributed by atoms with Crippen LogP contribution in [0.2, 0.25) is 0 Å². The molecule has 0 unspecified atom stereocenters. The predicted molar refractivity (Wildman–Crippen MR) is 99.8 cm³/mol. The second-order valence-electron chi connectivity index (χ2n) is 7.35. The fourth-order valence-electron chi connectivity index (χ4n) is 3.83. The van der Waals surface area contributed by atoms with Gasteiger partial charge in [-0.15, -0.1) is 0 Å². The van der Waals surface area contributed by atoms with Crippen molar-refractivity contribution in [1.82, 2.24) is 24.6 Å². The number of fused-ring (bicyclic) bond motifs is 3. The first kappa shape index (κ1) is 17.7. The first-order valence-electron chi connectivity index (χ1n) is 9.12. The third-order valence-corrected chi connectivity index (χ3v) is 5.50. The van der Waals surface area contributed by atoms with E-state index in [0.717, 1.165) is 32.8 Å². The van der Waals surface area contributed by atoms with E-state index < -0.39 is 0 Å². The third-order valence-electron chi connectivity index (χ3n) is 5.50. The van der Waals surface area contributed by atoms with Crippen LogP contribution in [0.1, 0.15) is 16.8 Å². The van der Waals surface area contributed by atoms with E-state index in [0.29, 0.717) is 24.0 Å². The van der Waals surface area contributed by atoms with Crippen LogP contribution in [0.4, 0.5) is 11.8 Å². The molecule has 0 spiro atoms. The van der Waals surface area contributed by atoms with Crippen molar-refractivity contribution in [1.29, 1.82) is 5.26 Å². The molecule has 142 valence electrons. The molecule has 2 bridgehead atoms. The lowest BCUT2D eigenvalue weighted by atomic mass is 10.1. The highest BCUT2D eigenvalue weighted by Crippen LogP contribution is 2.25. The minimum Gasteiger partial charge on any atom is -0.382 e. The van der Waals surface area contributed by atoms with Gasteiger partial charge in [0.1, 0.15) is 17.5 Å². The average Bonchev–Trinajstić information content (AvgIpc) is 2.80. The molecule has 2 saturated heterocycles. The number of ether oxygens (including phenoxy) is 1. The Bertz CT molecular complexity index is 873. The molecule has 2 aliphatic heterocycles. The van der Waals surface area contributed by atoms with Crippen molar-refractivity contribution in [2.75, 3.05) is 43.5 Å². The molecular weight excluding hydrogens is 344 g/mol. The van der Waals surface area contributed by atoms with Gasteiger partial charge < -0.3 is 15.4 Å². The molecule has 2 aromatic rings. The summed E-state index contributed by atoms with van der Waals surface area (Å²) in [5, 5.41) is 13.4. The number of nitrogen functional groups attached to an aromatic ring is 1. The minimum absolute atomic E-state index is 0.232. The van der Waals surface area contributed by atoms with E-state index in [-0.39, 0.29) is 11.9 Å². The van der Waals surface area contributed by atoms with Gasteiger partial charge in [0.2, 0.25) is 5.95 Å². The molecule has 2 fully saturated rings. The molecule has 0 aliphatic carbocycles. The zero-order valence-electron chi connectivity index (χ0n) is 15.7. The molecule has 9 nitrogen and oxygen atoms in total. The molecule has 27 heavy (non-hydrogen) atoms. The summed E-state index contributed by atoms with van der Waals surface area (Å²) in [6.07, 6.45) is 3.46. The van der Waals surface area contributed by atoms with Crippen LogP contribution in [-0.4, -0.2) is 63.5 Å². The summed E-state index contributed by atoms with van der Waals surface area (Å²) >= 11 is 0. The van der Waals surface area contributed by atoms with Gasteiger partial charge in [0, 0.05) is 50.4 Å². The first-order chi connectivity index (χ1) is 13.0. The van der Waals surface area contributed by atoms with Crippen LogP contribution >= 0.6 is 0 Å². The molecule has 4 rings (SSSR count). The number of rotatable bonds is 3. The van der Waals surface area contributed by atoms with Crippen LogP contribution in [0, 0.1) is 24.2 Å². The van der Waals surface area contributed by atoms with Gasteiger partial charge in [-0.2, -0.15) is 15.3 Å². The van der Waals surface area contributed by atoms with Crippen LogP contribution in [-0.2, 0) is 18.3 Å². The number of nitrogens with zero attached hydrogens (tertiary/aromatic N) is 7. The fraction of sp³-hybridized carbons (Fsp3) is 0.556. The average molecular weight is 368 g/mol. The van der Waals surface area contributed by atoms with Crippen LogP contribution in [0.5, 0.6) is 0 Å². The Balaban J connectivity index is 1.57. The van der Waals surface area contributed by atoms with Gasteiger partial charge in [0.25, 0.3) is 0 Å². The van der Waals surface area contributed by atoms with E-state index >= 15 is 0 Å². The van der Waals surface area contributed by atoms with Crippen molar-refractivity contribution in [2.24, 2.45) is 13.0 Å². The van der Waals surface area contributed by atoms with E-state index in [1.54, 1.807) is 0 Å². The molecule has 2 atom stereocenters. The Hall–Kier alpha value is -2.70. The van der Waals surface area contributed by atoms with Crippen molar-refractivity contribution < 1.29 is 4.74 Å². The SMILES string of the molecule is Cc1c(CN2C[C@H]3COC[C@@H]2CN(c2ncc(C#N)c(N)n2)C3)cnn1C. The lowest BCUT2D eigenvalue weighted by Gasteiger charge is -2.31.